The second-order valence-corrected chi connectivity index (χ2v) is 6.52. The van der Waals surface area contributed by atoms with E-state index in [0.29, 0.717) is 23.5 Å². The molecule has 0 saturated carbocycles. The maximum Gasteiger partial charge on any atom is 0.257 e. The number of rotatable bonds is 5. The van der Waals surface area contributed by atoms with E-state index in [1.165, 1.54) is 6.07 Å². The molecule has 0 radical (unpaired) electrons. The van der Waals surface area contributed by atoms with Crippen molar-refractivity contribution in [3.63, 3.8) is 0 Å². The minimum atomic E-state index is -0.383. The molecule has 5 nitrogen and oxygen atoms in total. The summed E-state index contributed by atoms with van der Waals surface area (Å²) >= 11 is 0. The van der Waals surface area contributed by atoms with Gasteiger partial charge in [0.1, 0.15) is 5.82 Å². The number of aromatic nitrogens is 1. The van der Waals surface area contributed by atoms with Crippen molar-refractivity contribution in [2.24, 2.45) is 0 Å². The van der Waals surface area contributed by atoms with Crippen LogP contribution in [0.25, 0.3) is 5.57 Å². The Kier molecular flexibility index (Phi) is 4.76. The lowest BCUT2D eigenvalue weighted by molar-refractivity contribution is -0.110. The highest BCUT2D eigenvalue weighted by atomic mass is 19.1. The molecule has 1 aromatic heterocycles. The number of amides is 1. The second kappa shape index (κ2) is 7.52. The van der Waals surface area contributed by atoms with Crippen LogP contribution in [0.15, 0.2) is 67.0 Å². The average Bonchev–Trinajstić information content (AvgIpc) is 3.03. The Morgan fingerprint density at radius 2 is 2.04 bits per heavy atom. The van der Waals surface area contributed by atoms with E-state index in [2.05, 4.69) is 20.9 Å². The van der Waals surface area contributed by atoms with Crippen LogP contribution in [-0.2, 0) is 11.3 Å². The molecule has 0 unspecified atom stereocenters. The van der Waals surface area contributed by atoms with Crippen molar-refractivity contribution in [1.82, 2.24) is 4.98 Å². The SMILES string of the molecule is Cc1cccc2c1C(=CNc1ccc(NCc3ccccn3)c(F)c1)C(=O)N2. The van der Waals surface area contributed by atoms with Crippen LogP contribution in [0.2, 0.25) is 0 Å². The van der Waals surface area contributed by atoms with Crippen molar-refractivity contribution in [3.05, 3.63) is 89.6 Å². The van der Waals surface area contributed by atoms with E-state index in [1.807, 2.05) is 43.3 Å². The number of pyridine rings is 1. The van der Waals surface area contributed by atoms with Crippen LogP contribution in [0.3, 0.4) is 0 Å². The number of fused-ring (bicyclic) bond motifs is 1. The van der Waals surface area contributed by atoms with Crippen LogP contribution in [0, 0.1) is 12.7 Å². The normalized spacial score (nSPS) is 13.9. The lowest BCUT2D eigenvalue weighted by Crippen LogP contribution is -2.06. The van der Waals surface area contributed by atoms with E-state index in [4.69, 9.17) is 0 Å². The summed E-state index contributed by atoms with van der Waals surface area (Å²) in [5, 5.41) is 8.90. The van der Waals surface area contributed by atoms with Gasteiger partial charge in [0.2, 0.25) is 0 Å². The number of halogens is 1. The summed E-state index contributed by atoms with van der Waals surface area (Å²) < 4.78 is 14.4. The number of hydrogen-bond donors (Lipinski definition) is 3. The Labute approximate surface area is 162 Å². The number of hydrogen-bond acceptors (Lipinski definition) is 4. The maximum absolute atomic E-state index is 14.4. The second-order valence-electron chi connectivity index (χ2n) is 6.52. The van der Waals surface area contributed by atoms with Crippen molar-refractivity contribution in [2.45, 2.75) is 13.5 Å². The molecule has 2 aromatic carbocycles. The van der Waals surface area contributed by atoms with Crippen molar-refractivity contribution >= 4 is 28.5 Å². The van der Waals surface area contributed by atoms with Crippen LogP contribution >= 0.6 is 0 Å². The fraction of sp³-hybridized carbons (Fsp3) is 0.0909. The molecule has 4 rings (SSSR count). The number of anilines is 3. The zero-order valence-electron chi connectivity index (χ0n) is 15.3. The molecular weight excluding hydrogens is 355 g/mol. The van der Waals surface area contributed by atoms with Gasteiger partial charge in [-0.25, -0.2) is 4.39 Å². The average molecular weight is 374 g/mol. The fourth-order valence-electron chi connectivity index (χ4n) is 3.16. The van der Waals surface area contributed by atoms with Crippen LogP contribution in [-0.4, -0.2) is 10.9 Å². The lowest BCUT2D eigenvalue weighted by atomic mass is 10.0. The van der Waals surface area contributed by atoms with Crippen LogP contribution in [0.4, 0.5) is 21.5 Å². The largest absolute Gasteiger partial charge is 0.377 e. The van der Waals surface area contributed by atoms with E-state index in [1.54, 1.807) is 24.5 Å². The zero-order valence-corrected chi connectivity index (χ0v) is 15.3. The fourth-order valence-corrected chi connectivity index (χ4v) is 3.16. The molecule has 0 bridgehead atoms. The smallest absolute Gasteiger partial charge is 0.257 e. The van der Waals surface area contributed by atoms with E-state index in [9.17, 15) is 9.18 Å². The third kappa shape index (κ3) is 3.57. The first-order valence-electron chi connectivity index (χ1n) is 8.93. The summed E-state index contributed by atoms with van der Waals surface area (Å²) in [7, 11) is 0. The van der Waals surface area contributed by atoms with Gasteiger partial charge in [-0.05, 0) is 48.9 Å². The predicted molar refractivity (Wildman–Crippen MR) is 109 cm³/mol. The maximum atomic E-state index is 14.4. The topological polar surface area (TPSA) is 66.0 Å². The first kappa shape index (κ1) is 17.7. The van der Waals surface area contributed by atoms with Crippen molar-refractivity contribution in [1.29, 1.82) is 0 Å². The van der Waals surface area contributed by atoms with Gasteiger partial charge in [-0.3, -0.25) is 9.78 Å². The minimum absolute atomic E-state index is 0.175. The minimum Gasteiger partial charge on any atom is -0.377 e. The summed E-state index contributed by atoms with van der Waals surface area (Å²) in [6, 6.07) is 16.1. The monoisotopic (exact) mass is 374 g/mol. The van der Waals surface area contributed by atoms with E-state index in [-0.39, 0.29) is 11.7 Å². The van der Waals surface area contributed by atoms with Gasteiger partial charge in [-0.1, -0.05) is 18.2 Å². The number of nitrogens with one attached hydrogen (secondary N) is 3. The standard InChI is InChI=1S/C22H19FN4O/c1-14-5-4-7-20-21(14)17(22(28)27-20)13-25-15-8-9-19(18(23)11-15)26-12-16-6-2-3-10-24-16/h2-11,13,25-26H,12H2,1H3,(H,27,28). The molecule has 2 heterocycles. The van der Waals surface area contributed by atoms with Gasteiger partial charge in [0.25, 0.3) is 5.91 Å². The highest BCUT2D eigenvalue weighted by molar-refractivity contribution is 6.32. The summed E-state index contributed by atoms with van der Waals surface area (Å²) in [5.41, 5.74) is 4.98. The Morgan fingerprint density at radius 1 is 1.14 bits per heavy atom. The van der Waals surface area contributed by atoms with Crippen molar-refractivity contribution in [3.8, 4) is 0 Å². The van der Waals surface area contributed by atoms with E-state index < -0.39 is 0 Å². The van der Waals surface area contributed by atoms with Gasteiger partial charge < -0.3 is 16.0 Å². The highest BCUT2D eigenvalue weighted by Crippen LogP contribution is 2.34. The molecule has 1 aliphatic rings. The molecule has 3 aromatic rings. The first-order valence-corrected chi connectivity index (χ1v) is 8.93. The van der Waals surface area contributed by atoms with Gasteiger partial charge >= 0.3 is 0 Å². The zero-order chi connectivity index (χ0) is 19.5. The Hall–Kier alpha value is -3.67. The van der Waals surface area contributed by atoms with E-state index >= 15 is 0 Å². The van der Waals surface area contributed by atoms with Crippen molar-refractivity contribution in [2.75, 3.05) is 16.0 Å². The van der Waals surface area contributed by atoms with Crippen LogP contribution < -0.4 is 16.0 Å². The molecule has 0 fully saturated rings. The van der Waals surface area contributed by atoms with E-state index in [0.717, 1.165) is 22.5 Å². The summed E-state index contributed by atoms with van der Waals surface area (Å²) in [6.45, 7) is 2.39. The molecule has 0 spiro atoms. The Balaban J connectivity index is 1.49. The molecule has 3 N–H and O–H groups in total. The molecule has 0 saturated heterocycles. The first-order chi connectivity index (χ1) is 13.6. The van der Waals surface area contributed by atoms with Gasteiger partial charge in [0.15, 0.2) is 0 Å². The highest BCUT2D eigenvalue weighted by Gasteiger charge is 2.25. The van der Waals surface area contributed by atoms with Crippen LogP contribution in [0.1, 0.15) is 16.8 Å². The van der Waals surface area contributed by atoms with Gasteiger partial charge in [-0.2, -0.15) is 0 Å². The molecule has 6 heteroatoms. The van der Waals surface area contributed by atoms with Gasteiger partial charge in [0, 0.05) is 29.3 Å². The number of aryl methyl sites for hydroxylation is 1. The number of carbonyl (C=O) groups excluding carboxylic acids is 1. The van der Waals surface area contributed by atoms with Gasteiger partial charge in [-0.15, -0.1) is 0 Å². The molecule has 28 heavy (non-hydrogen) atoms. The Morgan fingerprint density at radius 3 is 2.82 bits per heavy atom. The third-order valence-electron chi connectivity index (χ3n) is 4.57. The lowest BCUT2D eigenvalue weighted by Gasteiger charge is -2.09. The number of nitrogens with zero attached hydrogens (tertiary/aromatic N) is 1. The van der Waals surface area contributed by atoms with Crippen molar-refractivity contribution < 1.29 is 9.18 Å². The predicted octanol–water partition coefficient (Wildman–Crippen LogP) is 4.55. The summed E-state index contributed by atoms with van der Waals surface area (Å²) in [6.07, 6.45) is 3.32. The molecule has 0 atom stereocenters. The number of carbonyl (C=O) groups is 1. The molecule has 0 aliphatic carbocycles. The molecule has 1 amide bonds. The molecule has 1 aliphatic heterocycles. The molecular formula is C22H19FN4O. The quantitative estimate of drug-likeness (QED) is 0.574. The third-order valence-corrected chi connectivity index (χ3v) is 4.57. The Bertz CT molecular complexity index is 1060. The molecule has 140 valence electrons. The van der Waals surface area contributed by atoms with Gasteiger partial charge in [0.05, 0.1) is 23.5 Å². The van der Waals surface area contributed by atoms with Crippen LogP contribution in [0.5, 0.6) is 0 Å². The summed E-state index contributed by atoms with van der Waals surface area (Å²) in [5.74, 6) is -0.558. The summed E-state index contributed by atoms with van der Waals surface area (Å²) in [4.78, 5) is 16.4. The number of benzene rings is 2.